The minimum Gasteiger partial charge on any atom is -0.480 e. The van der Waals surface area contributed by atoms with Gasteiger partial charge in [0.2, 0.25) is 0 Å². The molecule has 0 aliphatic carbocycles. The van der Waals surface area contributed by atoms with Crippen LogP contribution < -0.4 is 10.5 Å². The van der Waals surface area contributed by atoms with Crippen molar-refractivity contribution in [2.75, 3.05) is 11.4 Å². The maximum absolute atomic E-state index is 13.9. The van der Waals surface area contributed by atoms with Gasteiger partial charge in [0.25, 0.3) is 5.56 Å². The summed E-state index contributed by atoms with van der Waals surface area (Å²) in [4.78, 5) is 32.2. The van der Waals surface area contributed by atoms with Gasteiger partial charge in [-0.1, -0.05) is 72.3 Å². The highest BCUT2D eigenvalue weighted by Crippen LogP contribution is 2.44. The number of aromatic nitrogens is 2. The molecule has 6 nitrogen and oxygen atoms in total. The van der Waals surface area contributed by atoms with Crippen molar-refractivity contribution in [2.45, 2.75) is 25.2 Å². The van der Waals surface area contributed by atoms with Gasteiger partial charge in [0, 0.05) is 36.3 Å². The summed E-state index contributed by atoms with van der Waals surface area (Å²) in [6, 6.07) is 20.2. The third-order valence-electron chi connectivity index (χ3n) is 7.55. The number of hydrogen-bond acceptors (Lipinski definition) is 4. The van der Waals surface area contributed by atoms with E-state index in [0.29, 0.717) is 5.56 Å². The van der Waals surface area contributed by atoms with Crippen molar-refractivity contribution in [1.82, 2.24) is 9.55 Å². The lowest BCUT2D eigenvalue weighted by Gasteiger charge is -2.25. The van der Waals surface area contributed by atoms with Crippen molar-refractivity contribution in [2.24, 2.45) is 0 Å². The number of fused-ring (bicyclic) bond motifs is 2. The monoisotopic (exact) mass is 589 g/mol. The zero-order valence-corrected chi connectivity index (χ0v) is 22.7. The Morgan fingerprint density at radius 1 is 1.02 bits per heavy atom. The first-order chi connectivity index (χ1) is 20.1. The van der Waals surface area contributed by atoms with E-state index in [4.69, 9.17) is 11.6 Å². The lowest BCUT2D eigenvalue weighted by atomic mass is 9.92. The van der Waals surface area contributed by atoms with E-state index in [2.05, 4.69) is 4.98 Å². The van der Waals surface area contributed by atoms with Crippen LogP contribution in [0.5, 0.6) is 0 Å². The molecule has 0 radical (unpaired) electrons. The molecule has 3 aromatic carbocycles. The maximum atomic E-state index is 13.9. The van der Waals surface area contributed by atoms with E-state index < -0.39 is 29.3 Å². The average Bonchev–Trinajstić information content (AvgIpc) is 3.35. The van der Waals surface area contributed by atoms with Gasteiger partial charge in [-0.3, -0.25) is 14.3 Å². The van der Waals surface area contributed by atoms with Crippen molar-refractivity contribution < 1.29 is 23.1 Å². The SMILES string of the molecule is O=C(O)C1CN(Cc2ccccc2)c2c(-c3cccc(C(F)(F)F)c3)c(Cc3cccc4ccncc34)c(Cl)c(=O)n21. The summed E-state index contributed by atoms with van der Waals surface area (Å²) < 4.78 is 42.7. The van der Waals surface area contributed by atoms with Gasteiger partial charge < -0.3 is 10.0 Å². The number of halogens is 4. The molecule has 0 bridgehead atoms. The summed E-state index contributed by atoms with van der Waals surface area (Å²) in [5.41, 5.74) is 0.797. The Kier molecular flexibility index (Phi) is 6.98. The molecule has 212 valence electrons. The van der Waals surface area contributed by atoms with Crippen LogP contribution in [0.2, 0.25) is 5.02 Å². The fourth-order valence-electron chi connectivity index (χ4n) is 5.65. The lowest BCUT2D eigenvalue weighted by molar-refractivity contribution is -0.140. The Hall–Kier alpha value is -4.63. The van der Waals surface area contributed by atoms with Crippen LogP contribution in [0.1, 0.15) is 28.3 Å². The van der Waals surface area contributed by atoms with Crippen molar-refractivity contribution in [3.8, 4) is 11.1 Å². The molecule has 0 fully saturated rings. The predicted octanol–water partition coefficient (Wildman–Crippen LogP) is 6.97. The largest absolute Gasteiger partial charge is 0.480 e. The molecule has 0 spiro atoms. The Labute approximate surface area is 243 Å². The molecule has 1 N–H and O–H groups in total. The van der Waals surface area contributed by atoms with Crippen LogP contribution in [-0.2, 0) is 23.9 Å². The Morgan fingerprint density at radius 3 is 2.52 bits per heavy atom. The van der Waals surface area contributed by atoms with Crippen LogP contribution in [-0.4, -0.2) is 27.2 Å². The fourth-order valence-corrected chi connectivity index (χ4v) is 5.90. The highest BCUT2D eigenvalue weighted by atomic mass is 35.5. The van der Waals surface area contributed by atoms with Gasteiger partial charge in [0.1, 0.15) is 10.8 Å². The molecule has 5 aromatic rings. The van der Waals surface area contributed by atoms with Gasteiger partial charge in [-0.15, -0.1) is 0 Å². The Balaban J connectivity index is 1.66. The average molecular weight is 590 g/mol. The number of carbonyl (C=O) groups is 1. The molecule has 0 amide bonds. The minimum atomic E-state index is -4.62. The van der Waals surface area contributed by atoms with Crippen LogP contribution >= 0.6 is 11.6 Å². The second kappa shape index (κ2) is 10.6. The number of pyridine rings is 2. The number of aliphatic carboxylic acids is 1. The second-order valence-electron chi connectivity index (χ2n) is 10.2. The summed E-state index contributed by atoms with van der Waals surface area (Å²) in [5.74, 6) is -1.03. The molecular formula is C32H23ClF3N3O3. The van der Waals surface area contributed by atoms with Gasteiger partial charge >= 0.3 is 12.1 Å². The molecule has 3 heterocycles. The summed E-state index contributed by atoms with van der Waals surface area (Å²) in [5, 5.41) is 11.6. The van der Waals surface area contributed by atoms with Crippen molar-refractivity contribution in [3.63, 3.8) is 0 Å². The van der Waals surface area contributed by atoms with Crippen LogP contribution in [0.4, 0.5) is 19.0 Å². The standard InChI is InChI=1S/C32H23ClF3N3O3/c33-28-24(15-21-9-4-8-20-12-13-37-16-25(20)21)27(22-10-5-11-23(14-22)32(34,35)36)29-38(17-19-6-2-1-3-7-19)18-26(31(41)42)39(29)30(28)40/h1-14,16,26H,15,17-18H2,(H,41,42). The van der Waals surface area contributed by atoms with E-state index >= 15 is 0 Å². The Bertz CT molecular complexity index is 1880. The second-order valence-corrected chi connectivity index (χ2v) is 10.5. The summed E-state index contributed by atoms with van der Waals surface area (Å²) in [6.45, 7) is 0.165. The van der Waals surface area contributed by atoms with Gasteiger partial charge in [0.15, 0.2) is 6.04 Å². The fraction of sp³-hybridized carbons (Fsp3) is 0.156. The number of nitrogens with zero attached hydrogens (tertiary/aromatic N) is 3. The van der Waals surface area contributed by atoms with E-state index in [0.717, 1.165) is 38.6 Å². The van der Waals surface area contributed by atoms with Gasteiger partial charge in [-0.05, 0) is 45.8 Å². The quantitative estimate of drug-likeness (QED) is 0.231. The first kappa shape index (κ1) is 27.5. The van der Waals surface area contributed by atoms with Crippen LogP contribution in [0.3, 0.4) is 0 Å². The molecule has 0 saturated heterocycles. The summed E-state index contributed by atoms with van der Waals surface area (Å²) >= 11 is 6.76. The molecule has 6 rings (SSSR count). The van der Waals surface area contributed by atoms with Gasteiger partial charge in [0.05, 0.1) is 12.1 Å². The first-order valence-electron chi connectivity index (χ1n) is 13.1. The predicted molar refractivity (Wildman–Crippen MR) is 155 cm³/mol. The molecule has 1 atom stereocenters. The van der Waals surface area contributed by atoms with E-state index in [1.54, 1.807) is 17.3 Å². The van der Waals surface area contributed by atoms with Gasteiger partial charge in [-0.2, -0.15) is 13.2 Å². The molecule has 42 heavy (non-hydrogen) atoms. The normalized spacial score (nSPS) is 14.8. The van der Waals surface area contributed by atoms with Crippen molar-refractivity contribution in [3.05, 3.63) is 129 Å². The molecular weight excluding hydrogens is 567 g/mol. The highest BCUT2D eigenvalue weighted by molar-refractivity contribution is 6.32. The number of anilines is 1. The number of hydrogen-bond donors (Lipinski definition) is 1. The zero-order valence-electron chi connectivity index (χ0n) is 22.0. The zero-order chi connectivity index (χ0) is 29.6. The number of rotatable bonds is 6. The number of alkyl halides is 3. The third-order valence-corrected chi connectivity index (χ3v) is 7.94. The molecule has 1 aliphatic rings. The molecule has 1 unspecified atom stereocenters. The topological polar surface area (TPSA) is 75.4 Å². The van der Waals surface area contributed by atoms with Crippen LogP contribution in [0.25, 0.3) is 21.9 Å². The smallest absolute Gasteiger partial charge is 0.416 e. The van der Waals surface area contributed by atoms with Gasteiger partial charge in [-0.25, -0.2) is 4.79 Å². The Morgan fingerprint density at radius 2 is 1.79 bits per heavy atom. The molecule has 2 aromatic heterocycles. The van der Waals surface area contributed by atoms with E-state index in [9.17, 15) is 27.9 Å². The van der Waals surface area contributed by atoms with E-state index in [-0.39, 0.29) is 41.5 Å². The molecule has 0 saturated carbocycles. The van der Waals surface area contributed by atoms with Crippen molar-refractivity contribution >= 4 is 34.2 Å². The van der Waals surface area contributed by atoms with E-state index in [1.807, 2.05) is 54.6 Å². The summed E-state index contributed by atoms with van der Waals surface area (Å²) in [6.07, 6.45) is -1.18. The first-order valence-corrected chi connectivity index (χ1v) is 13.5. The van der Waals surface area contributed by atoms with Crippen LogP contribution in [0, 0.1) is 0 Å². The summed E-state index contributed by atoms with van der Waals surface area (Å²) in [7, 11) is 0. The van der Waals surface area contributed by atoms with Crippen LogP contribution in [0.15, 0.2) is 96.1 Å². The molecule has 1 aliphatic heterocycles. The number of carboxylic acids is 1. The highest BCUT2D eigenvalue weighted by Gasteiger charge is 2.39. The third kappa shape index (κ3) is 4.90. The lowest BCUT2D eigenvalue weighted by Crippen LogP contribution is -2.29. The minimum absolute atomic E-state index is 0.0661. The number of benzene rings is 3. The van der Waals surface area contributed by atoms with E-state index in [1.165, 1.54) is 12.1 Å². The molecule has 10 heteroatoms. The number of carboxylic acid groups (broad SMARTS) is 1. The van der Waals surface area contributed by atoms with Crippen molar-refractivity contribution in [1.29, 1.82) is 0 Å². The maximum Gasteiger partial charge on any atom is 0.416 e.